The molecule has 0 unspecified atom stereocenters. The van der Waals surface area contributed by atoms with E-state index in [2.05, 4.69) is 5.32 Å². The van der Waals surface area contributed by atoms with E-state index in [0.29, 0.717) is 5.56 Å². The Hall–Kier alpha value is -3.34. The molecular weight excluding hydrogens is 361 g/mol. The van der Waals surface area contributed by atoms with Crippen molar-refractivity contribution in [3.05, 3.63) is 70.8 Å². The molecule has 0 aliphatic heterocycles. The highest BCUT2D eigenvalue weighted by Gasteiger charge is 2.30. The number of nitrogens with one attached hydrogen (secondary N) is 1. The van der Waals surface area contributed by atoms with E-state index in [1.54, 1.807) is 18.2 Å². The molecule has 0 heterocycles. The van der Waals surface area contributed by atoms with Crippen molar-refractivity contribution in [2.45, 2.75) is 25.1 Å². The van der Waals surface area contributed by atoms with Gasteiger partial charge in [-0.3, -0.25) is 4.79 Å². The highest BCUT2D eigenvalue weighted by Crippen LogP contribution is 2.29. The molecule has 2 N–H and O–H groups in total. The molecule has 0 fully saturated rings. The van der Waals surface area contributed by atoms with Crippen LogP contribution in [0.5, 0.6) is 0 Å². The number of carboxylic acid groups (broad SMARTS) is 1. The average molecular weight is 376 g/mol. The van der Waals surface area contributed by atoms with Crippen LogP contribution in [-0.4, -0.2) is 23.0 Å². The summed E-state index contributed by atoms with van der Waals surface area (Å²) in [4.78, 5) is 23.5. The zero-order valence-corrected chi connectivity index (χ0v) is 14.0. The summed E-state index contributed by atoms with van der Waals surface area (Å²) in [6, 6.07) is 11.3. The third-order valence-corrected chi connectivity index (χ3v) is 3.81. The maximum absolute atomic E-state index is 12.7. The van der Waals surface area contributed by atoms with Crippen LogP contribution in [0.25, 0.3) is 0 Å². The van der Waals surface area contributed by atoms with E-state index in [4.69, 9.17) is 5.26 Å². The van der Waals surface area contributed by atoms with Gasteiger partial charge >= 0.3 is 12.1 Å². The van der Waals surface area contributed by atoms with Crippen LogP contribution in [0, 0.1) is 11.3 Å². The normalized spacial score (nSPS) is 12.1. The number of nitriles is 1. The molecule has 27 heavy (non-hydrogen) atoms. The number of halogens is 3. The number of hydrogen-bond acceptors (Lipinski definition) is 3. The first-order valence-electron chi connectivity index (χ1n) is 7.87. The van der Waals surface area contributed by atoms with Gasteiger partial charge in [-0.1, -0.05) is 36.4 Å². The first-order chi connectivity index (χ1) is 12.7. The molecule has 5 nitrogen and oxygen atoms in total. The van der Waals surface area contributed by atoms with Gasteiger partial charge in [0.05, 0.1) is 23.6 Å². The summed E-state index contributed by atoms with van der Waals surface area (Å²) in [5.41, 5.74) is -0.0305. The largest absolute Gasteiger partial charge is 0.480 e. The topological polar surface area (TPSA) is 90.2 Å². The molecule has 0 aliphatic carbocycles. The average Bonchev–Trinajstić information content (AvgIpc) is 2.61. The van der Waals surface area contributed by atoms with Gasteiger partial charge in [-0.2, -0.15) is 18.4 Å². The summed E-state index contributed by atoms with van der Waals surface area (Å²) in [7, 11) is 0. The lowest BCUT2D eigenvalue weighted by atomic mass is 10.0. The zero-order chi connectivity index (χ0) is 20.0. The van der Waals surface area contributed by atoms with E-state index in [-0.39, 0.29) is 17.5 Å². The standard InChI is InChI=1S/C19H15F3N2O3/c20-19(21,22)15-7-3-4-12(8-15)9-17(25)24-16(18(26)27)10-13-5-1-2-6-14(13)11-23/h1-8,16H,9-10H2,(H,24,25)(H,26,27)/t16-/m0/s1. The van der Waals surface area contributed by atoms with Crippen LogP contribution in [0.1, 0.15) is 22.3 Å². The molecule has 2 rings (SSSR count). The molecule has 140 valence electrons. The Labute approximate surface area is 153 Å². The fourth-order valence-electron chi connectivity index (χ4n) is 2.52. The monoisotopic (exact) mass is 376 g/mol. The van der Waals surface area contributed by atoms with Gasteiger partial charge in [-0.25, -0.2) is 4.79 Å². The van der Waals surface area contributed by atoms with Gasteiger partial charge in [0.2, 0.25) is 5.91 Å². The van der Waals surface area contributed by atoms with Crippen LogP contribution in [0.3, 0.4) is 0 Å². The fourth-order valence-corrected chi connectivity index (χ4v) is 2.52. The Kier molecular flexibility index (Phi) is 6.19. The SMILES string of the molecule is N#Cc1ccccc1C[C@H](NC(=O)Cc1cccc(C(F)(F)F)c1)C(=O)O. The maximum atomic E-state index is 12.7. The molecule has 0 aliphatic rings. The van der Waals surface area contributed by atoms with Crippen LogP contribution >= 0.6 is 0 Å². The number of carboxylic acids is 1. The molecule has 8 heteroatoms. The van der Waals surface area contributed by atoms with Gasteiger partial charge in [0.15, 0.2) is 0 Å². The fraction of sp³-hybridized carbons (Fsp3) is 0.211. The summed E-state index contributed by atoms with van der Waals surface area (Å²) in [6.07, 6.45) is -5.04. The molecule has 2 aromatic rings. The molecule has 2 aromatic carbocycles. The van der Waals surface area contributed by atoms with E-state index in [1.807, 2.05) is 6.07 Å². The van der Waals surface area contributed by atoms with Crippen LogP contribution in [0.15, 0.2) is 48.5 Å². The minimum Gasteiger partial charge on any atom is -0.480 e. The van der Waals surface area contributed by atoms with Crippen molar-refractivity contribution in [1.82, 2.24) is 5.32 Å². The number of aliphatic carboxylic acids is 1. The van der Waals surface area contributed by atoms with E-state index >= 15 is 0 Å². The highest BCUT2D eigenvalue weighted by molar-refractivity contribution is 5.85. The quantitative estimate of drug-likeness (QED) is 0.811. The predicted molar refractivity (Wildman–Crippen MR) is 89.6 cm³/mol. The molecule has 0 aromatic heterocycles. The molecular formula is C19H15F3N2O3. The van der Waals surface area contributed by atoms with Gasteiger partial charge in [-0.05, 0) is 23.3 Å². The molecule has 0 radical (unpaired) electrons. The summed E-state index contributed by atoms with van der Waals surface area (Å²) >= 11 is 0. The first kappa shape index (κ1) is 20.0. The van der Waals surface area contributed by atoms with Crippen LogP contribution < -0.4 is 5.32 Å². The molecule has 0 saturated carbocycles. The van der Waals surface area contributed by atoms with E-state index in [9.17, 15) is 27.9 Å². The van der Waals surface area contributed by atoms with Crippen molar-refractivity contribution in [2.24, 2.45) is 0 Å². The second kappa shape index (κ2) is 8.36. The second-order valence-corrected chi connectivity index (χ2v) is 5.81. The lowest BCUT2D eigenvalue weighted by Gasteiger charge is -2.16. The van der Waals surface area contributed by atoms with Crippen molar-refractivity contribution < 1.29 is 27.9 Å². The van der Waals surface area contributed by atoms with Crippen molar-refractivity contribution in [3.8, 4) is 6.07 Å². The van der Waals surface area contributed by atoms with Crippen LogP contribution in [0.4, 0.5) is 13.2 Å². The molecule has 0 bridgehead atoms. The number of carbonyl (C=O) groups is 2. The first-order valence-corrected chi connectivity index (χ1v) is 7.87. The number of carbonyl (C=O) groups excluding carboxylic acids is 1. The maximum Gasteiger partial charge on any atom is 0.416 e. The molecule has 0 saturated heterocycles. The third-order valence-electron chi connectivity index (χ3n) is 3.81. The van der Waals surface area contributed by atoms with Gasteiger partial charge in [0.25, 0.3) is 0 Å². The van der Waals surface area contributed by atoms with E-state index < -0.39 is 36.1 Å². The van der Waals surface area contributed by atoms with Crippen molar-refractivity contribution in [1.29, 1.82) is 5.26 Å². The van der Waals surface area contributed by atoms with Crippen molar-refractivity contribution in [3.63, 3.8) is 0 Å². The Morgan fingerprint density at radius 1 is 1.15 bits per heavy atom. The zero-order valence-electron chi connectivity index (χ0n) is 14.0. The molecule has 1 atom stereocenters. The number of benzene rings is 2. The van der Waals surface area contributed by atoms with Crippen molar-refractivity contribution >= 4 is 11.9 Å². The number of amides is 1. The van der Waals surface area contributed by atoms with Gasteiger partial charge in [0, 0.05) is 6.42 Å². The second-order valence-electron chi connectivity index (χ2n) is 5.81. The van der Waals surface area contributed by atoms with Crippen molar-refractivity contribution in [2.75, 3.05) is 0 Å². The third kappa shape index (κ3) is 5.57. The number of rotatable bonds is 6. The van der Waals surface area contributed by atoms with Gasteiger partial charge in [-0.15, -0.1) is 0 Å². The smallest absolute Gasteiger partial charge is 0.416 e. The minimum atomic E-state index is -4.53. The summed E-state index contributed by atoms with van der Waals surface area (Å²) < 4.78 is 38.2. The highest BCUT2D eigenvalue weighted by atomic mass is 19.4. The Morgan fingerprint density at radius 3 is 2.48 bits per heavy atom. The molecule has 1 amide bonds. The summed E-state index contributed by atoms with van der Waals surface area (Å²) in [6.45, 7) is 0. The minimum absolute atomic E-state index is 0.115. The van der Waals surface area contributed by atoms with Gasteiger partial charge < -0.3 is 10.4 Å². The lowest BCUT2D eigenvalue weighted by Crippen LogP contribution is -2.43. The Morgan fingerprint density at radius 2 is 1.85 bits per heavy atom. The predicted octanol–water partition coefficient (Wildman–Crippen LogP) is 2.93. The number of hydrogen-bond donors (Lipinski definition) is 2. The number of alkyl halides is 3. The van der Waals surface area contributed by atoms with E-state index in [1.165, 1.54) is 18.2 Å². The Bertz CT molecular complexity index is 888. The lowest BCUT2D eigenvalue weighted by molar-refractivity contribution is -0.141. The van der Waals surface area contributed by atoms with E-state index in [0.717, 1.165) is 12.1 Å². The van der Waals surface area contributed by atoms with Crippen LogP contribution in [0.2, 0.25) is 0 Å². The Balaban J connectivity index is 2.10. The number of nitrogens with zero attached hydrogens (tertiary/aromatic N) is 1. The summed E-state index contributed by atoms with van der Waals surface area (Å²) in [5, 5.41) is 20.7. The summed E-state index contributed by atoms with van der Waals surface area (Å²) in [5.74, 6) is -2.03. The molecule has 0 spiro atoms. The van der Waals surface area contributed by atoms with Gasteiger partial charge in [0.1, 0.15) is 6.04 Å². The van der Waals surface area contributed by atoms with Crippen LogP contribution in [-0.2, 0) is 28.6 Å².